The van der Waals surface area contributed by atoms with Gasteiger partial charge in [-0.25, -0.2) is 0 Å². The first-order chi connectivity index (χ1) is 20.5. The van der Waals surface area contributed by atoms with E-state index in [0.29, 0.717) is 7.25 Å². The van der Waals surface area contributed by atoms with Crippen molar-refractivity contribution in [3.8, 4) is 22.3 Å². The summed E-state index contributed by atoms with van der Waals surface area (Å²) in [7, 11) is 0. The zero-order chi connectivity index (χ0) is 28.2. The molecule has 1 heterocycles. The number of hydrogen-bond acceptors (Lipinski definition) is 0. The Morgan fingerprint density at radius 3 is 1.80 bits per heavy atom. The summed E-state index contributed by atoms with van der Waals surface area (Å²) in [5.41, 5.74) is 16.5. The third kappa shape index (κ3) is 4.20. The molecule has 1 fully saturated rings. The molecule has 3 heteroatoms. The Morgan fingerprint density at radius 2 is 1.14 bits per heavy atom. The van der Waals surface area contributed by atoms with Gasteiger partial charge < -0.3 is 24.8 Å². The predicted molar refractivity (Wildman–Crippen MR) is 176 cm³/mol. The average Bonchev–Trinajstić information content (AvgIpc) is 3.63. The molecule has 0 bridgehead atoms. The fourth-order valence-electron chi connectivity index (χ4n) is 8.71. The Kier molecular flexibility index (Phi) is 7.33. The van der Waals surface area contributed by atoms with E-state index in [1.165, 1.54) is 74.3 Å². The summed E-state index contributed by atoms with van der Waals surface area (Å²) in [5, 5.41) is 5.37. The Morgan fingerprint density at radius 1 is 0.523 bits per heavy atom. The van der Waals surface area contributed by atoms with Gasteiger partial charge in [0.25, 0.3) is 0 Å². The molecule has 216 valence electrons. The third-order valence-corrected chi connectivity index (χ3v) is 23.3. The molecule has 1 saturated heterocycles. The number of aryl methyl sites for hydroxylation is 2. The zero-order valence-electron chi connectivity index (χ0n) is 25.3. The molecular formula is C41H34Cl2Zr. The van der Waals surface area contributed by atoms with Gasteiger partial charge in [-0.3, -0.25) is 0 Å². The van der Waals surface area contributed by atoms with Crippen molar-refractivity contribution in [1.29, 1.82) is 0 Å². The second-order valence-corrected chi connectivity index (χ2v) is 24.6. The first kappa shape index (κ1) is 29.7. The van der Waals surface area contributed by atoms with E-state index in [0.717, 1.165) is 0 Å². The monoisotopic (exact) mass is 686 g/mol. The third-order valence-electron chi connectivity index (χ3n) is 10.6. The summed E-state index contributed by atoms with van der Waals surface area (Å²) >= 11 is -2.72. The maximum Gasteiger partial charge on any atom is -1.00 e. The Labute approximate surface area is 277 Å². The molecule has 0 nitrogen and oxygen atoms in total. The topological polar surface area (TPSA) is 0 Å². The van der Waals surface area contributed by atoms with Crippen LogP contribution in [0.15, 0.2) is 115 Å². The number of fused-ring (bicyclic) bond motifs is 7. The van der Waals surface area contributed by atoms with Crippen molar-refractivity contribution >= 4 is 27.1 Å². The van der Waals surface area contributed by atoms with Crippen LogP contribution in [0.25, 0.3) is 49.4 Å². The summed E-state index contributed by atoms with van der Waals surface area (Å²) < 4.78 is 4.24. The Bertz CT molecular complexity index is 2100. The van der Waals surface area contributed by atoms with Gasteiger partial charge in [-0.1, -0.05) is 0 Å². The van der Waals surface area contributed by atoms with Crippen molar-refractivity contribution in [1.82, 2.24) is 0 Å². The first-order valence-corrected chi connectivity index (χ1v) is 21.8. The molecule has 1 unspecified atom stereocenters. The second kappa shape index (κ2) is 10.8. The van der Waals surface area contributed by atoms with Crippen LogP contribution in [-0.2, 0) is 20.3 Å². The molecule has 44 heavy (non-hydrogen) atoms. The molecule has 1 aliphatic heterocycles. The van der Waals surface area contributed by atoms with Crippen molar-refractivity contribution in [3.05, 3.63) is 149 Å². The molecule has 9 rings (SSSR count). The maximum absolute atomic E-state index is 2.73. The quantitative estimate of drug-likeness (QED) is 0.215. The molecule has 0 saturated carbocycles. The average molecular weight is 689 g/mol. The molecule has 0 aromatic heterocycles. The molecule has 6 aromatic carbocycles. The van der Waals surface area contributed by atoms with Gasteiger partial charge >= 0.3 is 255 Å². The summed E-state index contributed by atoms with van der Waals surface area (Å²) in [4.78, 5) is 0. The van der Waals surface area contributed by atoms with E-state index in [9.17, 15) is 0 Å². The Balaban J connectivity index is 0.00000156. The molecule has 6 aromatic rings. The summed E-state index contributed by atoms with van der Waals surface area (Å²) in [6.45, 7) is 6.93. The fraction of sp³-hybridized carbons (Fsp3) is 0.171. The minimum atomic E-state index is -2.72. The molecular weight excluding hydrogens is 655 g/mol. The van der Waals surface area contributed by atoms with E-state index in [1.807, 2.05) is 0 Å². The van der Waals surface area contributed by atoms with Crippen LogP contribution in [0.2, 0.25) is 8.26 Å². The summed E-state index contributed by atoms with van der Waals surface area (Å²) in [5.74, 6) is 0. The van der Waals surface area contributed by atoms with Crippen molar-refractivity contribution in [2.24, 2.45) is 0 Å². The largest absolute Gasteiger partial charge is 1.00 e. The zero-order valence-corrected chi connectivity index (χ0v) is 29.3. The van der Waals surface area contributed by atoms with Crippen molar-refractivity contribution in [2.45, 2.75) is 36.3 Å². The van der Waals surface area contributed by atoms with Gasteiger partial charge in [0.15, 0.2) is 0 Å². The number of allylic oxidation sites excluding steroid dienone is 2. The van der Waals surface area contributed by atoms with Gasteiger partial charge in [0.2, 0.25) is 0 Å². The normalized spacial score (nSPS) is 16.6. The van der Waals surface area contributed by atoms with Crippen LogP contribution in [0.1, 0.15) is 47.6 Å². The van der Waals surface area contributed by atoms with E-state index < -0.39 is 20.3 Å². The van der Waals surface area contributed by atoms with E-state index in [4.69, 9.17) is 0 Å². The van der Waals surface area contributed by atoms with Crippen LogP contribution in [0.5, 0.6) is 0 Å². The van der Waals surface area contributed by atoms with E-state index in [1.54, 1.807) is 16.7 Å². The molecule has 3 aliphatic rings. The van der Waals surface area contributed by atoms with Crippen LogP contribution in [0, 0.1) is 13.8 Å². The molecule has 0 amide bonds. The number of benzene rings is 6. The number of rotatable bonds is 3. The van der Waals surface area contributed by atoms with Gasteiger partial charge in [0.05, 0.1) is 0 Å². The summed E-state index contributed by atoms with van der Waals surface area (Å²) in [6, 6.07) is 42.1. The van der Waals surface area contributed by atoms with Gasteiger partial charge in [-0.2, -0.15) is 0 Å². The molecule has 0 N–H and O–H groups in total. The fourth-order valence-corrected chi connectivity index (χ4v) is 25.2. The predicted octanol–water partition coefficient (Wildman–Crippen LogP) is 5.52. The summed E-state index contributed by atoms with van der Waals surface area (Å²) in [6.07, 6.45) is 2.73. The minimum absolute atomic E-state index is 0. The molecule has 2 aliphatic carbocycles. The van der Waals surface area contributed by atoms with E-state index >= 15 is 0 Å². The van der Waals surface area contributed by atoms with Crippen LogP contribution in [-0.4, -0.2) is 0 Å². The standard InChI is InChI=1S/C24H17.C15H13.C2H4.2ClH.Zr/c1-16-13-14-17-8-6-12-22(24(16)17)23-15-18-7-2-3-9-19(18)20-10-4-5-11-21(20)23;1-10-3-5-14-12(7-10)9-13-8-11(2)4-6-15(13)14;1-2;;;/h2-15H,1H3;3-9H,1-2H3;1-2H2;2*1H;/q;;;;;+2/p-2. The van der Waals surface area contributed by atoms with Gasteiger partial charge in [0.1, 0.15) is 0 Å². The maximum atomic E-state index is 2.73. The van der Waals surface area contributed by atoms with Crippen LogP contribution in [0.4, 0.5) is 0 Å². The van der Waals surface area contributed by atoms with E-state index in [-0.39, 0.29) is 24.8 Å². The molecule has 0 radical (unpaired) electrons. The smallest absolute Gasteiger partial charge is 1.00 e. The van der Waals surface area contributed by atoms with Crippen LogP contribution < -0.4 is 24.8 Å². The van der Waals surface area contributed by atoms with Crippen LogP contribution in [0.3, 0.4) is 0 Å². The first-order valence-electron chi connectivity index (χ1n) is 15.5. The van der Waals surface area contributed by atoms with Crippen molar-refractivity contribution in [3.63, 3.8) is 0 Å². The molecule has 0 spiro atoms. The minimum Gasteiger partial charge on any atom is -1.00 e. The van der Waals surface area contributed by atoms with Crippen molar-refractivity contribution in [2.75, 3.05) is 0 Å². The van der Waals surface area contributed by atoms with E-state index in [2.05, 4.69) is 136 Å². The SMILES string of the molecule is CC1=C[CH]([Zr+2]2([CH]3c4cc(C)ccc4-c4ccc(C)cc43)[CH2][CH2]2)c2cccc(-c3cc4ccccc4c4ccccc34)c21.[Cl-].[Cl-]. The van der Waals surface area contributed by atoms with Gasteiger partial charge in [-0.15, -0.1) is 0 Å². The van der Waals surface area contributed by atoms with Crippen LogP contribution >= 0.6 is 0 Å². The number of halogens is 2. The van der Waals surface area contributed by atoms with Gasteiger partial charge in [-0.05, 0) is 0 Å². The second-order valence-electron chi connectivity index (χ2n) is 13.1. The molecule has 1 atom stereocenters. The van der Waals surface area contributed by atoms with Gasteiger partial charge in [0, 0.05) is 0 Å². The Hall–Kier alpha value is -2.96. The number of hydrogen-bond donors (Lipinski definition) is 0. The van der Waals surface area contributed by atoms with Crippen molar-refractivity contribution < 1.29 is 45.1 Å².